The van der Waals surface area contributed by atoms with Gasteiger partial charge >= 0.3 is 0 Å². The summed E-state index contributed by atoms with van der Waals surface area (Å²) in [5.74, 6) is 0.491. The molecule has 0 radical (unpaired) electrons. The van der Waals surface area contributed by atoms with E-state index in [1.54, 1.807) is 0 Å². The van der Waals surface area contributed by atoms with Crippen molar-refractivity contribution >= 4 is 11.6 Å². The molecule has 1 aromatic carbocycles. The monoisotopic (exact) mass is 248 g/mol. The summed E-state index contributed by atoms with van der Waals surface area (Å²) < 4.78 is 0. The second kappa shape index (κ2) is 6.43. The van der Waals surface area contributed by atoms with E-state index in [1.165, 1.54) is 11.1 Å². The first-order chi connectivity index (χ1) is 8.38. The van der Waals surface area contributed by atoms with Crippen molar-refractivity contribution in [2.24, 2.45) is 5.92 Å². The highest BCUT2D eigenvalue weighted by atomic mass is 16.1. The number of carbonyl (C=O) groups is 1. The van der Waals surface area contributed by atoms with Gasteiger partial charge in [-0.3, -0.25) is 4.79 Å². The molecule has 3 heteroatoms. The molecule has 0 heterocycles. The minimum Gasteiger partial charge on any atom is -0.376 e. The second-order valence-electron chi connectivity index (χ2n) is 5.33. The third-order valence-corrected chi connectivity index (χ3v) is 3.06. The van der Waals surface area contributed by atoms with Crippen molar-refractivity contribution in [2.45, 2.75) is 40.7 Å². The Morgan fingerprint density at radius 2 is 1.67 bits per heavy atom. The number of hydrogen-bond acceptors (Lipinski definition) is 2. The molecule has 1 rings (SSSR count). The highest BCUT2D eigenvalue weighted by Gasteiger charge is 2.10. The minimum absolute atomic E-state index is 0.0374. The molecule has 0 aliphatic carbocycles. The van der Waals surface area contributed by atoms with Crippen molar-refractivity contribution < 1.29 is 4.79 Å². The lowest BCUT2D eigenvalue weighted by atomic mass is 10.1. The Bertz CT molecular complexity index is 393. The summed E-state index contributed by atoms with van der Waals surface area (Å²) in [6, 6.07) is 6.42. The smallest absolute Gasteiger partial charge is 0.239 e. The first kappa shape index (κ1) is 14.6. The summed E-state index contributed by atoms with van der Waals surface area (Å²) >= 11 is 0. The Kier molecular flexibility index (Phi) is 5.20. The van der Waals surface area contributed by atoms with Gasteiger partial charge in [-0.1, -0.05) is 19.9 Å². The third-order valence-electron chi connectivity index (χ3n) is 3.06. The van der Waals surface area contributed by atoms with Crippen LogP contribution in [-0.4, -0.2) is 18.5 Å². The normalized spacial score (nSPS) is 12.3. The van der Waals surface area contributed by atoms with Gasteiger partial charge in [0, 0.05) is 11.7 Å². The lowest BCUT2D eigenvalue weighted by Crippen LogP contribution is -2.39. The number of amides is 1. The molecule has 1 aromatic rings. The Balaban J connectivity index is 2.47. The van der Waals surface area contributed by atoms with Crippen molar-refractivity contribution in [2.75, 3.05) is 11.9 Å². The number of nitrogens with one attached hydrogen (secondary N) is 2. The van der Waals surface area contributed by atoms with E-state index in [1.807, 2.05) is 19.1 Å². The van der Waals surface area contributed by atoms with E-state index in [0.717, 1.165) is 5.69 Å². The molecule has 0 aliphatic rings. The van der Waals surface area contributed by atoms with Crippen molar-refractivity contribution in [3.8, 4) is 0 Å². The van der Waals surface area contributed by atoms with Crippen LogP contribution in [0.3, 0.4) is 0 Å². The SMILES string of the molecule is Cc1cc(C)cc(NCC(=O)NC(C)C(C)C)c1. The molecule has 0 aliphatic heterocycles. The number of aryl methyl sites for hydroxylation is 2. The highest BCUT2D eigenvalue weighted by molar-refractivity contribution is 5.81. The molecule has 1 amide bonds. The lowest BCUT2D eigenvalue weighted by Gasteiger charge is -2.18. The fraction of sp³-hybridized carbons (Fsp3) is 0.533. The van der Waals surface area contributed by atoms with Crippen LogP contribution in [0, 0.1) is 19.8 Å². The van der Waals surface area contributed by atoms with Crippen molar-refractivity contribution in [3.05, 3.63) is 29.3 Å². The fourth-order valence-corrected chi connectivity index (χ4v) is 1.73. The second-order valence-corrected chi connectivity index (χ2v) is 5.33. The number of hydrogen-bond donors (Lipinski definition) is 2. The van der Waals surface area contributed by atoms with Crippen LogP contribution in [0.5, 0.6) is 0 Å². The van der Waals surface area contributed by atoms with Gasteiger partial charge < -0.3 is 10.6 Å². The summed E-state index contributed by atoms with van der Waals surface area (Å²) in [5, 5.41) is 6.14. The van der Waals surface area contributed by atoms with Gasteiger partial charge in [-0.2, -0.15) is 0 Å². The van der Waals surface area contributed by atoms with Gasteiger partial charge in [0.05, 0.1) is 6.54 Å². The predicted molar refractivity (Wildman–Crippen MR) is 76.8 cm³/mol. The maximum absolute atomic E-state index is 11.7. The molecule has 0 saturated heterocycles. The van der Waals surface area contributed by atoms with Gasteiger partial charge in [-0.15, -0.1) is 0 Å². The van der Waals surface area contributed by atoms with E-state index in [4.69, 9.17) is 0 Å². The highest BCUT2D eigenvalue weighted by Crippen LogP contribution is 2.13. The summed E-state index contributed by atoms with van der Waals surface area (Å²) in [4.78, 5) is 11.7. The van der Waals surface area contributed by atoms with Crippen LogP contribution in [-0.2, 0) is 4.79 Å². The van der Waals surface area contributed by atoms with E-state index < -0.39 is 0 Å². The Morgan fingerprint density at radius 3 is 2.17 bits per heavy atom. The molecule has 3 nitrogen and oxygen atoms in total. The first-order valence-corrected chi connectivity index (χ1v) is 6.50. The summed E-state index contributed by atoms with van der Waals surface area (Å²) in [6.07, 6.45) is 0. The van der Waals surface area contributed by atoms with Gasteiger partial charge in [-0.05, 0) is 49.9 Å². The van der Waals surface area contributed by atoms with Gasteiger partial charge in [0.2, 0.25) is 5.91 Å². The Labute approximate surface area is 110 Å². The van der Waals surface area contributed by atoms with Gasteiger partial charge in [0.1, 0.15) is 0 Å². The third kappa shape index (κ3) is 4.78. The minimum atomic E-state index is 0.0374. The quantitative estimate of drug-likeness (QED) is 0.841. The van der Waals surface area contributed by atoms with E-state index >= 15 is 0 Å². The average molecular weight is 248 g/mol. The zero-order valence-electron chi connectivity index (χ0n) is 12.0. The zero-order valence-corrected chi connectivity index (χ0v) is 12.0. The lowest BCUT2D eigenvalue weighted by molar-refractivity contribution is -0.120. The molecular formula is C15H24N2O. The molecule has 0 aromatic heterocycles. The van der Waals surface area contributed by atoms with Crippen LogP contribution in [0.15, 0.2) is 18.2 Å². The predicted octanol–water partition coefficient (Wildman–Crippen LogP) is 2.88. The van der Waals surface area contributed by atoms with Crippen LogP contribution in [0.2, 0.25) is 0 Å². The van der Waals surface area contributed by atoms with Gasteiger partial charge in [-0.25, -0.2) is 0 Å². The number of anilines is 1. The molecule has 1 atom stereocenters. The molecule has 2 N–H and O–H groups in total. The molecular weight excluding hydrogens is 224 g/mol. The summed E-state index contributed by atoms with van der Waals surface area (Å²) in [7, 11) is 0. The standard InChI is InChI=1S/C15H24N2O/c1-10(2)13(5)17-15(18)9-16-14-7-11(3)6-12(4)8-14/h6-8,10,13,16H,9H2,1-5H3,(H,17,18). The summed E-state index contributed by atoms with van der Waals surface area (Å²) in [5.41, 5.74) is 3.40. The maximum Gasteiger partial charge on any atom is 0.239 e. The fourth-order valence-electron chi connectivity index (χ4n) is 1.73. The van der Waals surface area contributed by atoms with Gasteiger partial charge in [0.25, 0.3) is 0 Å². The maximum atomic E-state index is 11.7. The van der Waals surface area contributed by atoms with E-state index in [9.17, 15) is 4.79 Å². The first-order valence-electron chi connectivity index (χ1n) is 6.50. The number of benzene rings is 1. The van der Waals surface area contributed by atoms with Crippen molar-refractivity contribution in [1.82, 2.24) is 5.32 Å². The van der Waals surface area contributed by atoms with Crippen LogP contribution < -0.4 is 10.6 Å². The van der Waals surface area contributed by atoms with Crippen molar-refractivity contribution in [3.63, 3.8) is 0 Å². The molecule has 0 bridgehead atoms. The van der Waals surface area contributed by atoms with Crippen LogP contribution >= 0.6 is 0 Å². The average Bonchev–Trinajstić information content (AvgIpc) is 2.25. The van der Waals surface area contributed by atoms with Crippen LogP contribution in [0.4, 0.5) is 5.69 Å². The Hall–Kier alpha value is -1.51. The molecule has 0 saturated carbocycles. The van der Waals surface area contributed by atoms with Crippen molar-refractivity contribution in [1.29, 1.82) is 0 Å². The van der Waals surface area contributed by atoms with Crippen LogP contribution in [0.1, 0.15) is 31.9 Å². The number of rotatable bonds is 5. The van der Waals surface area contributed by atoms with E-state index in [-0.39, 0.29) is 11.9 Å². The van der Waals surface area contributed by atoms with Crippen LogP contribution in [0.25, 0.3) is 0 Å². The summed E-state index contributed by atoms with van der Waals surface area (Å²) in [6.45, 7) is 10.7. The van der Waals surface area contributed by atoms with E-state index in [0.29, 0.717) is 12.5 Å². The molecule has 100 valence electrons. The number of carbonyl (C=O) groups excluding carboxylic acids is 1. The molecule has 0 spiro atoms. The molecule has 18 heavy (non-hydrogen) atoms. The largest absolute Gasteiger partial charge is 0.376 e. The molecule has 1 unspecified atom stereocenters. The molecule has 0 fully saturated rings. The van der Waals surface area contributed by atoms with Gasteiger partial charge in [0.15, 0.2) is 0 Å². The Morgan fingerprint density at radius 1 is 1.11 bits per heavy atom. The topological polar surface area (TPSA) is 41.1 Å². The zero-order chi connectivity index (χ0) is 13.7. The van der Waals surface area contributed by atoms with E-state index in [2.05, 4.69) is 44.4 Å².